The summed E-state index contributed by atoms with van der Waals surface area (Å²) in [4.78, 5) is 0. The number of phenols is 1. The second-order valence-electron chi connectivity index (χ2n) is 4.70. The van der Waals surface area contributed by atoms with Gasteiger partial charge in [-0.1, -0.05) is 26.0 Å². The maximum Gasteiger partial charge on any atom is 0.126 e. The number of phenolic OH excluding ortho intramolecular Hbond substituents is 1. The maximum atomic E-state index is 10.1. The van der Waals surface area contributed by atoms with Crippen molar-refractivity contribution in [2.45, 2.75) is 26.7 Å². The number of hydrogen-bond donors (Lipinski definition) is 1. The molecule has 0 radical (unpaired) electrons. The number of methoxy groups -OCH3 is 1. The summed E-state index contributed by atoms with van der Waals surface area (Å²) in [7, 11) is 1.67. The van der Waals surface area contributed by atoms with Gasteiger partial charge in [-0.05, 0) is 41.5 Å². The van der Waals surface area contributed by atoms with Gasteiger partial charge in [0.05, 0.1) is 7.11 Å². The van der Waals surface area contributed by atoms with Gasteiger partial charge in [-0.3, -0.25) is 0 Å². The summed E-state index contributed by atoms with van der Waals surface area (Å²) in [5.41, 5.74) is 2.06. The van der Waals surface area contributed by atoms with Crippen LogP contribution in [0.2, 0.25) is 0 Å². The molecule has 0 amide bonds. The summed E-state index contributed by atoms with van der Waals surface area (Å²) in [6, 6.07) is 7.99. The number of aromatic hydroxyl groups is 1. The van der Waals surface area contributed by atoms with Crippen molar-refractivity contribution in [1.82, 2.24) is 0 Å². The van der Waals surface area contributed by atoms with Crippen molar-refractivity contribution in [3.63, 3.8) is 0 Å². The SMILES string of the molecule is COc1cc2c(O)c(C)ccc2cc1C(C)C. The molecule has 2 rings (SSSR count). The summed E-state index contributed by atoms with van der Waals surface area (Å²) in [5.74, 6) is 1.59. The number of hydrogen-bond acceptors (Lipinski definition) is 2. The van der Waals surface area contributed by atoms with Crippen LogP contribution in [0.15, 0.2) is 24.3 Å². The summed E-state index contributed by atoms with van der Waals surface area (Å²) in [5, 5.41) is 12.0. The highest BCUT2D eigenvalue weighted by Crippen LogP contribution is 2.36. The van der Waals surface area contributed by atoms with Gasteiger partial charge in [0.1, 0.15) is 11.5 Å². The molecular weight excluding hydrogens is 212 g/mol. The number of aryl methyl sites for hydroxylation is 1. The van der Waals surface area contributed by atoms with Gasteiger partial charge in [-0.25, -0.2) is 0 Å². The third-order valence-corrected chi connectivity index (χ3v) is 3.17. The lowest BCUT2D eigenvalue weighted by molar-refractivity contribution is 0.408. The molecule has 0 saturated heterocycles. The fourth-order valence-corrected chi connectivity index (χ4v) is 2.09. The Morgan fingerprint density at radius 3 is 2.47 bits per heavy atom. The standard InChI is InChI=1S/C15H18O2/c1-9(2)12-7-11-6-5-10(3)15(16)13(11)8-14(12)17-4/h5-9,16H,1-4H3. The van der Waals surface area contributed by atoms with Crippen LogP contribution in [0.3, 0.4) is 0 Å². The van der Waals surface area contributed by atoms with Crippen LogP contribution in [0.25, 0.3) is 10.8 Å². The first-order chi connectivity index (χ1) is 8.04. The Morgan fingerprint density at radius 1 is 1.18 bits per heavy atom. The molecule has 0 bridgehead atoms. The molecule has 2 aromatic rings. The lowest BCUT2D eigenvalue weighted by Gasteiger charge is -2.14. The van der Waals surface area contributed by atoms with Gasteiger partial charge < -0.3 is 9.84 Å². The fraction of sp³-hybridized carbons (Fsp3) is 0.333. The van der Waals surface area contributed by atoms with E-state index in [1.807, 2.05) is 25.1 Å². The first-order valence-corrected chi connectivity index (χ1v) is 5.84. The molecule has 2 nitrogen and oxygen atoms in total. The zero-order valence-corrected chi connectivity index (χ0v) is 10.7. The van der Waals surface area contributed by atoms with Gasteiger partial charge in [0.15, 0.2) is 0 Å². The Balaban J connectivity index is 2.78. The molecule has 0 atom stereocenters. The second kappa shape index (κ2) is 4.28. The van der Waals surface area contributed by atoms with E-state index in [4.69, 9.17) is 4.74 Å². The van der Waals surface area contributed by atoms with E-state index in [0.29, 0.717) is 11.7 Å². The molecule has 0 aliphatic rings. The average Bonchev–Trinajstić information content (AvgIpc) is 2.32. The highest BCUT2D eigenvalue weighted by molar-refractivity contribution is 5.91. The predicted octanol–water partition coefficient (Wildman–Crippen LogP) is 3.99. The summed E-state index contributed by atoms with van der Waals surface area (Å²) < 4.78 is 5.40. The molecule has 2 aromatic carbocycles. The Bertz CT molecular complexity index is 556. The molecular formula is C15H18O2. The minimum absolute atomic E-state index is 0.344. The second-order valence-corrected chi connectivity index (χ2v) is 4.70. The van der Waals surface area contributed by atoms with E-state index in [1.165, 1.54) is 5.56 Å². The van der Waals surface area contributed by atoms with Crippen LogP contribution in [-0.2, 0) is 0 Å². The topological polar surface area (TPSA) is 29.5 Å². The number of fused-ring (bicyclic) bond motifs is 1. The highest BCUT2D eigenvalue weighted by Gasteiger charge is 2.11. The van der Waals surface area contributed by atoms with Crippen molar-refractivity contribution >= 4 is 10.8 Å². The van der Waals surface area contributed by atoms with Crippen molar-refractivity contribution in [2.24, 2.45) is 0 Å². The van der Waals surface area contributed by atoms with E-state index in [2.05, 4.69) is 19.9 Å². The normalized spacial score (nSPS) is 11.1. The van der Waals surface area contributed by atoms with Gasteiger partial charge in [0.2, 0.25) is 0 Å². The predicted molar refractivity (Wildman–Crippen MR) is 71.0 cm³/mol. The van der Waals surface area contributed by atoms with Crippen molar-refractivity contribution in [2.75, 3.05) is 7.11 Å². The zero-order chi connectivity index (χ0) is 12.6. The number of rotatable bonds is 2. The van der Waals surface area contributed by atoms with Gasteiger partial charge in [-0.15, -0.1) is 0 Å². The molecule has 0 spiro atoms. The van der Waals surface area contributed by atoms with E-state index in [-0.39, 0.29) is 0 Å². The molecule has 1 N–H and O–H groups in total. The van der Waals surface area contributed by atoms with Crippen molar-refractivity contribution in [3.05, 3.63) is 35.4 Å². The van der Waals surface area contributed by atoms with Crippen LogP contribution in [0.5, 0.6) is 11.5 Å². The van der Waals surface area contributed by atoms with Crippen LogP contribution in [0, 0.1) is 6.92 Å². The van der Waals surface area contributed by atoms with E-state index in [1.54, 1.807) is 7.11 Å². The Labute approximate surface area is 102 Å². The van der Waals surface area contributed by atoms with Crippen molar-refractivity contribution < 1.29 is 9.84 Å². The lowest BCUT2D eigenvalue weighted by Crippen LogP contribution is -1.94. The summed E-state index contributed by atoms with van der Waals surface area (Å²) in [6.45, 7) is 6.17. The largest absolute Gasteiger partial charge is 0.507 e. The van der Waals surface area contributed by atoms with Crippen LogP contribution >= 0.6 is 0 Å². The van der Waals surface area contributed by atoms with Gasteiger partial charge >= 0.3 is 0 Å². The third kappa shape index (κ3) is 1.95. The maximum absolute atomic E-state index is 10.1. The van der Waals surface area contributed by atoms with Crippen LogP contribution < -0.4 is 4.74 Å². The van der Waals surface area contributed by atoms with Crippen molar-refractivity contribution in [3.8, 4) is 11.5 Å². The molecule has 0 heterocycles. The van der Waals surface area contributed by atoms with E-state index in [0.717, 1.165) is 22.1 Å². The van der Waals surface area contributed by atoms with Crippen LogP contribution in [0.4, 0.5) is 0 Å². The molecule has 2 heteroatoms. The molecule has 0 aliphatic carbocycles. The monoisotopic (exact) mass is 230 g/mol. The Morgan fingerprint density at radius 2 is 1.88 bits per heavy atom. The van der Waals surface area contributed by atoms with E-state index in [9.17, 15) is 5.11 Å². The minimum Gasteiger partial charge on any atom is -0.507 e. The van der Waals surface area contributed by atoms with Gasteiger partial charge in [0.25, 0.3) is 0 Å². The Hall–Kier alpha value is -1.70. The highest BCUT2D eigenvalue weighted by atomic mass is 16.5. The first kappa shape index (κ1) is 11.8. The van der Waals surface area contributed by atoms with Crippen LogP contribution in [0.1, 0.15) is 30.9 Å². The lowest BCUT2D eigenvalue weighted by atomic mass is 9.96. The molecule has 0 fully saturated rings. The molecule has 0 saturated carbocycles. The quantitative estimate of drug-likeness (QED) is 0.845. The molecule has 90 valence electrons. The van der Waals surface area contributed by atoms with Crippen LogP contribution in [-0.4, -0.2) is 12.2 Å². The van der Waals surface area contributed by atoms with Gasteiger partial charge in [-0.2, -0.15) is 0 Å². The van der Waals surface area contributed by atoms with E-state index >= 15 is 0 Å². The fourth-order valence-electron chi connectivity index (χ4n) is 2.09. The molecule has 17 heavy (non-hydrogen) atoms. The molecule has 0 unspecified atom stereocenters. The average molecular weight is 230 g/mol. The van der Waals surface area contributed by atoms with Crippen molar-refractivity contribution in [1.29, 1.82) is 0 Å². The third-order valence-electron chi connectivity index (χ3n) is 3.17. The summed E-state index contributed by atoms with van der Waals surface area (Å²) >= 11 is 0. The summed E-state index contributed by atoms with van der Waals surface area (Å²) in [6.07, 6.45) is 0. The number of benzene rings is 2. The smallest absolute Gasteiger partial charge is 0.126 e. The number of ether oxygens (including phenoxy) is 1. The minimum atomic E-state index is 0.344. The zero-order valence-electron chi connectivity index (χ0n) is 10.7. The molecule has 0 aromatic heterocycles. The Kier molecular flexibility index (Phi) is 2.97. The first-order valence-electron chi connectivity index (χ1n) is 5.84. The van der Waals surface area contributed by atoms with E-state index < -0.39 is 0 Å². The molecule has 0 aliphatic heterocycles. The van der Waals surface area contributed by atoms with Gasteiger partial charge in [0, 0.05) is 5.39 Å².